The summed E-state index contributed by atoms with van der Waals surface area (Å²) in [7, 11) is -4.06. The largest absolute Gasteiger partial charge is 0.416 e. The molecule has 1 saturated carbocycles. The highest BCUT2D eigenvalue weighted by Crippen LogP contribution is 2.46. The molecule has 3 rings (SSSR count). The summed E-state index contributed by atoms with van der Waals surface area (Å²) in [6, 6.07) is 6.87. The third-order valence-electron chi connectivity index (χ3n) is 4.23. The van der Waals surface area contributed by atoms with Crippen LogP contribution >= 0.6 is 0 Å². The van der Waals surface area contributed by atoms with Crippen LogP contribution in [0.3, 0.4) is 0 Å². The first-order valence-corrected chi connectivity index (χ1v) is 9.21. The zero-order chi connectivity index (χ0) is 19.3. The second kappa shape index (κ2) is 6.10. The standard InChI is InChI=1S/C17H15F3N2O3S/c18-17(19,20)11-7-13(9-4-5-9)15(16(21)23)14(8-11)10-2-1-3-12(6-10)26(22,24)25/h1-3,6-9H,4-5H2,(H2,21,23)(H2,22,24,25). The van der Waals surface area contributed by atoms with Gasteiger partial charge in [0.1, 0.15) is 0 Å². The molecular formula is C17H15F3N2O3S. The van der Waals surface area contributed by atoms with Crippen molar-refractivity contribution >= 4 is 15.9 Å². The molecule has 1 fully saturated rings. The number of benzene rings is 2. The van der Waals surface area contributed by atoms with Crippen LogP contribution in [0.2, 0.25) is 0 Å². The van der Waals surface area contributed by atoms with E-state index in [0.29, 0.717) is 12.8 Å². The zero-order valence-electron chi connectivity index (χ0n) is 13.4. The maximum atomic E-state index is 13.3. The molecule has 1 amide bonds. The number of amides is 1. The number of alkyl halides is 3. The molecule has 1 aliphatic rings. The van der Waals surface area contributed by atoms with Crippen molar-refractivity contribution in [1.82, 2.24) is 0 Å². The number of primary sulfonamides is 1. The summed E-state index contributed by atoms with van der Waals surface area (Å²) >= 11 is 0. The summed E-state index contributed by atoms with van der Waals surface area (Å²) in [6.45, 7) is 0. The number of hydrogen-bond acceptors (Lipinski definition) is 3. The molecule has 0 radical (unpaired) electrons. The molecule has 0 heterocycles. The van der Waals surface area contributed by atoms with E-state index in [1.54, 1.807) is 0 Å². The van der Waals surface area contributed by atoms with Gasteiger partial charge in [0, 0.05) is 0 Å². The van der Waals surface area contributed by atoms with Gasteiger partial charge in [-0.1, -0.05) is 12.1 Å². The fourth-order valence-corrected chi connectivity index (χ4v) is 3.45. The van der Waals surface area contributed by atoms with E-state index in [0.717, 1.165) is 18.2 Å². The smallest absolute Gasteiger partial charge is 0.366 e. The van der Waals surface area contributed by atoms with Crippen LogP contribution in [-0.2, 0) is 16.2 Å². The van der Waals surface area contributed by atoms with E-state index in [4.69, 9.17) is 10.9 Å². The van der Waals surface area contributed by atoms with Crippen LogP contribution in [0.4, 0.5) is 13.2 Å². The number of halogens is 3. The summed E-state index contributed by atoms with van der Waals surface area (Å²) in [6.07, 6.45) is -3.29. The molecule has 2 aromatic rings. The van der Waals surface area contributed by atoms with Crippen LogP contribution in [0.25, 0.3) is 11.1 Å². The average Bonchev–Trinajstić information content (AvgIpc) is 3.36. The maximum absolute atomic E-state index is 13.3. The van der Waals surface area contributed by atoms with Gasteiger partial charge in [0.05, 0.1) is 16.0 Å². The number of primary amides is 1. The van der Waals surface area contributed by atoms with E-state index in [2.05, 4.69) is 0 Å². The Kier molecular flexibility index (Phi) is 4.32. The lowest BCUT2D eigenvalue weighted by atomic mass is 9.90. The number of carbonyl (C=O) groups is 1. The molecule has 0 unspecified atom stereocenters. The first kappa shape index (κ1) is 18.4. The van der Waals surface area contributed by atoms with Crippen LogP contribution in [0, 0.1) is 0 Å². The van der Waals surface area contributed by atoms with Gasteiger partial charge in [-0.05, 0) is 59.7 Å². The molecule has 0 bridgehead atoms. The first-order valence-electron chi connectivity index (χ1n) is 7.66. The normalized spacial score (nSPS) is 15.1. The highest BCUT2D eigenvalue weighted by molar-refractivity contribution is 7.89. The number of carbonyl (C=O) groups excluding carboxylic acids is 1. The Balaban J connectivity index is 2.32. The molecule has 2 aromatic carbocycles. The van der Waals surface area contributed by atoms with E-state index in [9.17, 15) is 26.4 Å². The van der Waals surface area contributed by atoms with Crippen LogP contribution < -0.4 is 10.9 Å². The highest BCUT2D eigenvalue weighted by atomic mass is 32.2. The summed E-state index contributed by atoms with van der Waals surface area (Å²) in [5, 5.41) is 5.09. The Morgan fingerprint density at radius 2 is 1.77 bits per heavy atom. The van der Waals surface area contributed by atoms with Gasteiger partial charge in [-0.3, -0.25) is 4.79 Å². The van der Waals surface area contributed by atoms with Gasteiger partial charge in [-0.25, -0.2) is 13.6 Å². The number of sulfonamides is 1. The minimum Gasteiger partial charge on any atom is -0.366 e. The molecule has 26 heavy (non-hydrogen) atoms. The molecule has 138 valence electrons. The third kappa shape index (κ3) is 3.58. The van der Waals surface area contributed by atoms with Crippen LogP contribution in [0.5, 0.6) is 0 Å². The Morgan fingerprint density at radius 1 is 1.12 bits per heavy atom. The second-order valence-corrected chi connectivity index (χ2v) is 7.76. The van der Waals surface area contributed by atoms with Crippen molar-refractivity contribution < 1.29 is 26.4 Å². The molecule has 5 nitrogen and oxygen atoms in total. The summed E-state index contributed by atoms with van der Waals surface area (Å²) < 4.78 is 63.1. The van der Waals surface area contributed by atoms with Crippen LogP contribution in [0.1, 0.15) is 40.2 Å². The monoisotopic (exact) mass is 384 g/mol. The fraction of sp³-hybridized carbons (Fsp3) is 0.235. The van der Waals surface area contributed by atoms with Crippen molar-refractivity contribution in [3.05, 3.63) is 53.1 Å². The van der Waals surface area contributed by atoms with E-state index < -0.39 is 27.7 Å². The zero-order valence-corrected chi connectivity index (χ0v) is 14.2. The van der Waals surface area contributed by atoms with Crippen molar-refractivity contribution in [3.8, 4) is 11.1 Å². The number of rotatable bonds is 4. The van der Waals surface area contributed by atoms with E-state index >= 15 is 0 Å². The molecule has 9 heteroatoms. The van der Waals surface area contributed by atoms with Gasteiger partial charge < -0.3 is 5.73 Å². The molecule has 0 aromatic heterocycles. The van der Waals surface area contributed by atoms with E-state index in [1.807, 2.05) is 0 Å². The summed E-state index contributed by atoms with van der Waals surface area (Å²) in [4.78, 5) is 11.7. The Bertz CT molecular complexity index is 997. The predicted molar refractivity (Wildman–Crippen MR) is 88.7 cm³/mol. The molecule has 4 N–H and O–H groups in total. The summed E-state index contributed by atoms with van der Waals surface area (Å²) in [5.41, 5.74) is 4.81. The van der Waals surface area contributed by atoms with Gasteiger partial charge in [0.25, 0.3) is 0 Å². The Morgan fingerprint density at radius 3 is 2.27 bits per heavy atom. The topological polar surface area (TPSA) is 103 Å². The molecular weight excluding hydrogens is 369 g/mol. The van der Waals surface area contributed by atoms with Crippen LogP contribution in [-0.4, -0.2) is 14.3 Å². The SMILES string of the molecule is NC(=O)c1c(-c2cccc(S(N)(=O)=O)c2)cc(C(F)(F)F)cc1C1CC1. The lowest BCUT2D eigenvalue weighted by Gasteiger charge is -2.17. The number of hydrogen-bond donors (Lipinski definition) is 2. The van der Waals surface area contributed by atoms with Crippen LogP contribution in [0.15, 0.2) is 41.3 Å². The van der Waals surface area contributed by atoms with Gasteiger partial charge in [0.2, 0.25) is 15.9 Å². The van der Waals surface area contributed by atoms with Crippen molar-refractivity contribution in [3.63, 3.8) is 0 Å². The van der Waals surface area contributed by atoms with Gasteiger partial charge in [0.15, 0.2) is 0 Å². The molecule has 1 aliphatic carbocycles. The average molecular weight is 384 g/mol. The van der Waals surface area contributed by atoms with Crippen molar-refractivity contribution in [2.75, 3.05) is 0 Å². The maximum Gasteiger partial charge on any atom is 0.416 e. The minimum atomic E-state index is -4.62. The third-order valence-corrected chi connectivity index (χ3v) is 5.14. The minimum absolute atomic E-state index is 0.0212. The molecule has 0 saturated heterocycles. The Hall–Kier alpha value is -2.39. The number of nitrogens with two attached hydrogens (primary N) is 2. The molecule has 0 spiro atoms. The molecule has 0 atom stereocenters. The lowest BCUT2D eigenvalue weighted by molar-refractivity contribution is -0.137. The van der Waals surface area contributed by atoms with E-state index in [1.165, 1.54) is 18.2 Å². The first-order chi connectivity index (χ1) is 12.0. The second-order valence-electron chi connectivity index (χ2n) is 6.20. The van der Waals surface area contributed by atoms with Crippen molar-refractivity contribution in [1.29, 1.82) is 0 Å². The van der Waals surface area contributed by atoms with Gasteiger partial charge in [-0.15, -0.1) is 0 Å². The van der Waals surface area contributed by atoms with Crippen molar-refractivity contribution in [2.24, 2.45) is 10.9 Å². The van der Waals surface area contributed by atoms with E-state index in [-0.39, 0.29) is 33.1 Å². The molecule has 0 aliphatic heterocycles. The highest BCUT2D eigenvalue weighted by Gasteiger charge is 2.36. The van der Waals surface area contributed by atoms with Gasteiger partial charge >= 0.3 is 6.18 Å². The predicted octanol–water partition coefficient (Wildman–Crippen LogP) is 3.00. The van der Waals surface area contributed by atoms with Gasteiger partial charge in [-0.2, -0.15) is 13.2 Å². The quantitative estimate of drug-likeness (QED) is 0.847. The van der Waals surface area contributed by atoms with Crippen molar-refractivity contribution in [2.45, 2.75) is 29.8 Å². The lowest BCUT2D eigenvalue weighted by Crippen LogP contribution is -2.17. The Labute approximate surface area is 147 Å². The summed E-state index contributed by atoms with van der Waals surface area (Å²) in [5.74, 6) is -1.03. The fourth-order valence-electron chi connectivity index (χ4n) is 2.89.